The minimum absolute atomic E-state index is 0.145. The number of nitrogens with one attached hydrogen (secondary N) is 1. The number of benzene rings is 3. The third kappa shape index (κ3) is 5.07. The Morgan fingerprint density at radius 1 is 1.03 bits per heavy atom. The topological polar surface area (TPSA) is 68.0 Å². The molecule has 0 radical (unpaired) electrons. The molecule has 0 saturated heterocycles. The van der Waals surface area contributed by atoms with Crippen LogP contribution in [0, 0.1) is 0 Å². The minimum atomic E-state index is -0.510. The Morgan fingerprint density at radius 2 is 1.69 bits per heavy atom. The monoisotopic (exact) mass is 543 g/mol. The predicted octanol–water partition coefficient (Wildman–Crippen LogP) is 7.68. The second kappa shape index (κ2) is 9.86. The van der Waals surface area contributed by atoms with Crippen molar-refractivity contribution in [2.45, 2.75) is 29.6 Å². The van der Waals surface area contributed by atoms with Crippen molar-refractivity contribution in [3.8, 4) is 11.5 Å². The number of aromatic nitrogens is 2. The summed E-state index contributed by atoms with van der Waals surface area (Å²) >= 11 is 21.0. The van der Waals surface area contributed by atoms with Crippen LogP contribution >= 0.6 is 46.6 Å². The first-order chi connectivity index (χ1) is 16.9. The molecule has 1 N–H and O–H groups in total. The maximum atomic E-state index is 12.6. The van der Waals surface area contributed by atoms with Gasteiger partial charge in [0, 0.05) is 36.8 Å². The van der Waals surface area contributed by atoms with Crippen molar-refractivity contribution < 1.29 is 9.32 Å². The number of carbonyl (C=O) groups is 1. The fourth-order valence-electron chi connectivity index (χ4n) is 4.07. The molecule has 1 amide bonds. The zero-order valence-corrected chi connectivity index (χ0v) is 21.7. The van der Waals surface area contributed by atoms with Crippen LogP contribution in [0.15, 0.2) is 70.1 Å². The molecule has 1 heterocycles. The molecule has 0 bridgehead atoms. The lowest BCUT2D eigenvalue weighted by Gasteiger charge is -2.17. The molecule has 0 spiro atoms. The van der Waals surface area contributed by atoms with Gasteiger partial charge in [-0.3, -0.25) is 4.79 Å². The Morgan fingerprint density at radius 3 is 2.29 bits per heavy atom. The molecule has 9 heteroatoms. The number of carbonyl (C=O) groups excluding carboxylic acids is 1. The molecule has 1 aliphatic carbocycles. The molecule has 1 aliphatic rings. The van der Waals surface area contributed by atoms with Gasteiger partial charge in [0.05, 0.1) is 11.8 Å². The summed E-state index contributed by atoms with van der Waals surface area (Å²) in [5.41, 5.74) is 2.49. The zero-order valence-electron chi connectivity index (χ0n) is 18.6. The quantitative estimate of drug-likeness (QED) is 0.242. The van der Waals surface area contributed by atoms with Crippen molar-refractivity contribution in [3.05, 3.63) is 92.7 Å². The third-order valence-electron chi connectivity index (χ3n) is 6.02. The zero-order chi connectivity index (χ0) is 24.6. The largest absolute Gasteiger partial charge is 0.334 e. The first kappa shape index (κ1) is 24.2. The van der Waals surface area contributed by atoms with Crippen molar-refractivity contribution in [3.63, 3.8) is 0 Å². The summed E-state index contributed by atoms with van der Waals surface area (Å²) in [6, 6.07) is 18.5. The van der Waals surface area contributed by atoms with Gasteiger partial charge < -0.3 is 9.84 Å². The molecule has 1 aromatic heterocycles. The van der Waals surface area contributed by atoms with Crippen molar-refractivity contribution in [2.24, 2.45) is 0 Å². The lowest BCUT2D eigenvalue weighted by Crippen LogP contribution is -2.16. The number of amides is 1. The molecule has 0 aliphatic heterocycles. The summed E-state index contributed by atoms with van der Waals surface area (Å²) in [6.45, 7) is 0. The van der Waals surface area contributed by atoms with Gasteiger partial charge in [-0.05, 0) is 73.2 Å². The second-order valence-electron chi connectivity index (χ2n) is 8.40. The number of rotatable bonds is 7. The van der Waals surface area contributed by atoms with Crippen LogP contribution in [0.5, 0.6) is 0 Å². The Labute approximate surface area is 222 Å². The van der Waals surface area contributed by atoms with Gasteiger partial charge in [-0.25, -0.2) is 0 Å². The van der Waals surface area contributed by atoms with Crippen LogP contribution in [-0.2, 0) is 16.6 Å². The maximum Gasteiger partial charge on any atom is 0.257 e. The van der Waals surface area contributed by atoms with Gasteiger partial charge in [-0.1, -0.05) is 52.1 Å². The first-order valence-electron chi connectivity index (χ1n) is 10.9. The van der Waals surface area contributed by atoms with Crippen LogP contribution < -0.4 is 5.32 Å². The number of anilines is 1. The molecule has 1 saturated carbocycles. The lowest BCUT2D eigenvalue weighted by atomic mass is 9.94. The maximum absolute atomic E-state index is 12.6. The van der Waals surface area contributed by atoms with E-state index in [1.807, 2.05) is 42.7 Å². The summed E-state index contributed by atoms with van der Waals surface area (Å²) in [5, 5.41) is 8.66. The Balaban J connectivity index is 1.35. The average molecular weight is 545 g/mol. The van der Waals surface area contributed by atoms with Crippen LogP contribution in [0.3, 0.4) is 0 Å². The van der Waals surface area contributed by atoms with Gasteiger partial charge in [0.2, 0.25) is 5.91 Å². The van der Waals surface area contributed by atoms with E-state index < -0.39 is 5.41 Å². The highest BCUT2D eigenvalue weighted by atomic mass is 35.5. The fraction of sp³-hybridized carbons (Fsp3) is 0.192. The number of halogens is 3. The molecule has 5 nitrogen and oxygen atoms in total. The molecular formula is C26H20Cl3N3O2S. The number of nitrogens with zero attached hydrogens (tertiary/aromatic N) is 2. The predicted molar refractivity (Wildman–Crippen MR) is 142 cm³/mol. The van der Waals surface area contributed by atoms with Crippen LogP contribution in [0.2, 0.25) is 15.1 Å². The molecule has 35 heavy (non-hydrogen) atoms. The minimum Gasteiger partial charge on any atom is -0.334 e. The van der Waals surface area contributed by atoms with E-state index in [0.717, 1.165) is 34.4 Å². The summed E-state index contributed by atoms with van der Waals surface area (Å²) in [5.74, 6) is 0.801. The molecule has 0 unspecified atom stereocenters. The standard InChI is InChI=1S/C26H20Cl3N3O2S/c1-35-19-8-2-15(3-9-19)12-22(33)30-18-13-20(28)23(21(29)14-18)26(10-11-26)25-31-24(34-32-25)16-4-6-17(27)7-5-16/h2-9,13-14H,10-12H2,1H3,(H,30,33). The van der Waals surface area contributed by atoms with Gasteiger partial charge in [0.25, 0.3) is 5.89 Å². The van der Waals surface area contributed by atoms with E-state index in [1.54, 1.807) is 36.0 Å². The van der Waals surface area contributed by atoms with E-state index in [-0.39, 0.29) is 12.3 Å². The van der Waals surface area contributed by atoms with E-state index >= 15 is 0 Å². The Kier molecular flexibility index (Phi) is 6.82. The summed E-state index contributed by atoms with van der Waals surface area (Å²) in [4.78, 5) is 18.4. The number of hydrogen-bond acceptors (Lipinski definition) is 5. The van der Waals surface area contributed by atoms with Gasteiger partial charge in [0.1, 0.15) is 0 Å². The highest BCUT2D eigenvalue weighted by Crippen LogP contribution is 2.57. The third-order valence-corrected chi connectivity index (χ3v) is 7.62. The summed E-state index contributed by atoms with van der Waals surface area (Å²) in [7, 11) is 0. The fourth-order valence-corrected chi connectivity index (χ4v) is 5.46. The molecule has 3 aromatic carbocycles. The van der Waals surface area contributed by atoms with Crippen molar-refractivity contribution in [2.75, 3.05) is 11.6 Å². The van der Waals surface area contributed by atoms with Crippen LogP contribution in [0.25, 0.3) is 11.5 Å². The molecule has 4 aromatic rings. The molecule has 0 atom stereocenters. The Bertz CT molecular complexity index is 1360. The molecule has 5 rings (SSSR count). The van der Waals surface area contributed by atoms with Crippen molar-refractivity contribution in [1.82, 2.24) is 10.1 Å². The van der Waals surface area contributed by atoms with E-state index in [0.29, 0.717) is 32.5 Å². The molecule has 1 fully saturated rings. The van der Waals surface area contributed by atoms with E-state index in [9.17, 15) is 4.79 Å². The SMILES string of the molecule is CSc1ccc(CC(=O)Nc2cc(Cl)c(C3(c4noc(-c5ccc(Cl)cc5)n4)CC3)c(Cl)c2)cc1. The lowest BCUT2D eigenvalue weighted by molar-refractivity contribution is -0.115. The van der Waals surface area contributed by atoms with Crippen molar-refractivity contribution >= 4 is 58.2 Å². The van der Waals surface area contributed by atoms with Crippen LogP contribution in [0.4, 0.5) is 5.69 Å². The van der Waals surface area contributed by atoms with Gasteiger partial charge in [-0.2, -0.15) is 4.98 Å². The highest BCUT2D eigenvalue weighted by molar-refractivity contribution is 7.98. The van der Waals surface area contributed by atoms with E-state index in [2.05, 4.69) is 15.5 Å². The smallest absolute Gasteiger partial charge is 0.257 e. The van der Waals surface area contributed by atoms with Gasteiger partial charge in [0.15, 0.2) is 5.82 Å². The van der Waals surface area contributed by atoms with Crippen LogP contribution in [-0.4, -0.2) is 22.3 Å². The molecule has 178 valence electrons. The summed E-state index contributed by atoms with van der Waals surface area (Å²) < 4.78 is 5.52. The van der Waals surface area contributed by atoms with Crippen LogP contribution in [0.1, 0.15) is 29.8 Å². The average Bonchev–Trinajstić information content (AvgIpc) is 3.46. The van der Waals surface area contributed by atoms with Gasteiger partial charge in [-0.15, -0.1) is 11.8 Å². The number of hydrogen-bond donors (Lipinski definition) is 1. The highest BCUT2D eigenvalue weighted by Gasteiger charge is 2.52. The summed E-state index contributed by atoms with van der Waals surface area (Å²) in [6.07, 6.45) is 3.86. The van der Waals surface area contributed by atoms with Crippen molar-refractivity contribution in [1.29, 1.82) is 0 Å². The Hall–Kier alpha value is -2.51. The normalized spacial score (nSPS) is 14.1. The first-order valence-corrected chi connectivity index (χ1v) is 13.3. The van der Waals surface area contributed by atoms with E-state index in [4.69, 9.17) is 39.3 Å². The second-order valence-corrected chi connectivity index (χ2v) is 10.5. The molecular weight excluding hydrogens is 525 g/mol. The van der Waals surface area contributed by atoms with E-state index in [1.165, 1.54) is 0 Å². The van der Waals surface area contributed by atoms with Gasteiger partial charge >= 0.3 is 0 Å². The number of thioether (sulfide) groups is 1.